The molecule has 1 unspecified atom stereocenters. The number of amides is 1. The van der Waals surface area contributed by atoms with Crippen molar-refractivity contribution in [3.8, 4) is 0 Å². The Bertz CT molecular complexity index is 363. The van der Waals surface area contributed by atoms with Crippen LogP contribution in [0.4, 0.5) is 0 Å². The molecule has 27 heavy (non-hydrogen) atoms. The maximum absolute atomic E-state index is 12.6. The van der Waals surface area contributed by atoms with Gasteiger partial charge in [-0.15, -0.1) is 0 Å². The molecule has 160 valence electrons. The fourth-order valence-corrected chi connectivity index (χ4v) is 3.17. The number of esters is 1. The average Bonchev–Trinajstić information content (AvgIpc) is 2.66. The molecular formula is C23H45NO3. The molecule has 0 bridgehead atoms. The summed E-state index contributed by atoms with van der Waals surface area (Å²) in [5.41, 5.74) is 0. The Hall–Kier alpha value is -1.06. The van der Waals surface area contributed by atoms with Crippen LogP contribution >= 0.6 is 0 Å². The van der Waals surface area contributed by atoms with E-state index in [2.05, 4.69) is 20.8 Å². The first-order valence-corrected chi connectivity index (χ1v) is 11.5. The third kappa shape index (κ3) is 14.6. The van der Waals surface area contributed by atoms with Gasteiger partial charge in [-0.25, -0.2) is 0 Å². The monoisotopic (exact) mass is 383 g/mol. The van der Waals surface area contributed by atoms with E-state index < -0.39 is 6.10 Å². The van der Waals surface area contributed by atoms with Crippen LogP contribution in [0.2, 0.25) is 0 Å². The lowest BCUT2D eigenvalue weighted by Gasteiger charge is -2.25. The lowest BCUT2D eigenvalue weighted by molar-refractivity contribution is -0.159. The highest BCUT2D eigenvalue weighted by Gasteiger charge is 2.23. The van der Waals surface area contributed by atoms with Crippen molar-refractivity contribution >= 4 is 11.9 Å². The van der Waals surface area contributed by atoms with Crippen LogP contribution < -0.4 is 0 Å². The van der Waals surface area contributed by atoms with Gasteiger partial charge in [0.05, 0.1) is 0 Å². The Morgan fingerprint density at radius 1 is 0.704 bits per heavy atom. The van der Waals surface area contributed by atoms with Crippen molar-refractivity contribution in [2.75, 3.05) is 13.1 Å². The van der Waals surface area contributed by atoms with Crippen LogP contribution in [0.3, 0.4) is 0 Å². The van der Waals surface area contributed by atoms with Gasteiger partial charge < -0.3 is 9.64 Å². The van der Waals surface area contributed by atoms with Gasteiger partial charge in [0.2, 0.25) is 0 Å². The molecule has 0 aliphatic carbocycles. The quantitative estimate of drug-likeness (QED) is 0.207. The highest BCUT2D eigenvalue weighted by atomic mass is 16.5. The Labute approximate surface area is 168 Å². The predicted molar refractivity (Wildman–Crippen MR) is 114 cm³/mol. The summed E-state index contributed by atoms with van der Waals surface area (Å²) in [6.45, 7) is 9.71. The Kier molecular flexibility index (Phi) is 17.6. The van der Waals surface area contributed by atoms with Gasteiger partial charge in [0.15, 0.2) is 6.10 Å². The summed E-state index contributed by atoms with van der Waals surface area (Å²) in [6, 6.07) is 0. The SMILES string of the molecule is CCCCCCCCCCCC(=O)OC(C)C(=O)N(CCCC)CCCC. The second-order valence-corrected chi connectivity index (χ2v) is 7.74. The Morgan fingerprint density at radius 3 is 1.63 bits per heavy atom. The van der Waals surface area contributed by atoms with E-state index in [9.17, 15) is 9.59 Å². The number of hydrogen-bond donors (Lipinski definition) is 0. The fraction of sp³-hybridized carbons (Fsp3) is 0.913. The third-order valence-corrected chi connectivity index (χ3v) is 5.02. The topological polar surface area (TPSA) is 46.6 Å². The normalized spacial score (nSPS) is 12.0. The molecule has 1 atom stereocenters. The van der Waals surface area contributed by atoms with Gasteiger partial charge in [-0.05, 0) is 26.2 Å². The zero-order valence-electron chi connectivity index (χ0n) is 18.6. The minimum Gasteiger partial charge on any atom is -0.453 e. The molecule has 0 radical (unpaired) electrons. The van der Waals surface area contributed by atoms with E-state index in [4.69, 9.17) is 4.74 Å². The Balaban J connectivity index is 3.94. The molecule has 0 aromatic heterocycles. The number of carbonyl (C=O) groups excluding carboxylic acids is 2. The molecule has 0 heterocycles. The first-order chi connectivity index (χ1) is 13.1. The van der Waals surface area contributed by atoms with E-state index in [1.807, 2.05) is 4.90 Å². The molecule has 0 saturated heterocycles. The van der Waals surface area contributed by atoms with Crippen molar-refractivity contribution in [1.82, 2.24) is 4.90 Å². The maximum atomic E-state index is 12.6. The summed E-state index contributed by atoms with van der Waals surface area (Å²) in [5.74, 6) is -0.276. The van der Waals surface area contributed by atoms with E-state index in [1.165, 1.54) is 44.9 Å². The van der Waals surface area contributed by atoms with Gasteiger partial charge in [0.1, 0.15) is 0 Å². The summed E-state index contributed by atoms with van der Waals surface area (Å²) >= 11 is 0. The van der Waals surface area contributed by atoms with E-state index >= 15 is 0 Å². The summed E-state index contributed by atoms with van der Waals surface area (Å²) < 4.78 is 5.39. The van der Waals surface area contributed by atoms with Crippen LogP contribution in [0.5, 0.6) is 0 Å². The number of unbranched alkanes of at least 4 members (excludes halogenated alkanes) is 10. The molecule has 0 aliphatic rings. The lowest BCUT2D eigenvalue weighted by Crippen LogP contribution is -2.41. The van der Waals surface area contributed by atoms with Crippen molar-refractivity contribution in [2.45, 2.75) is 124 Å². The predicted octanol–water partition coefficient (Wildman–Crippen LogP) is 6.27. The Morgan fingerprint density at radius 2 is 1.15 bits per heavy atom. The first kappa shape index (κ1) is 25.9. The first-order valence-electron chi connectivity index (χ1n) is 11.5. The summed E-state index contributed by atoms with van der Waals surface area (Å²) in [7, 11) is 0. The molecule has 0 rings (SSSR count). The molecule has 1 amide bonds. The molecule has 0 fully saturated rings. The van der Waals surface area contributed by atoms with Gasteiger partial charge in [-0.3, -0.25) is 9.59 Å². The van der Waals surface area contributed by atoms with Gasteiger partial charge >= 0.3 is 5.97 Å². The number of hydrogen-bond acceptors (Lipinski definition) is 3. The zero-order chi connectivity index (χ0) is 20.3. The number of carbonyl (C=O) groups is 2. The van der Waals surface area contributed by atoms with E-state index in [-0.39, 0.29) is 11.9 Å². The number of nitrogens with zero attached hydrogens (tertiary/aromatic N) is 1. The minimum atomic E-state index is -0.662. The maximum Gasteiger partial charge on any atom is 0.306 e. The van der Waals surface area contributed by atoms with Gasteiger partial charge in [0.25, 0.3) is 5.91 Å². The molecule has 0 aromatic rings. The lowest BCUT2D eigenvalue weighted by atomic mass is 10.1. The highest BCUT2D eigenvalue weighted by molar-refractivity contribution is 5.83. The molecule has 4 nitrogen and oxygen atoms in total. The average molecular weight is 384 g/mol. The molecule has 0 aliphatic heterocycles. The van der Waals surface area contributed by atoms with Crippen LogP contribution in [-0.4, -0.2) is 36.0 Å². The van der Waals surface area contributed by atoms with Crippen molar-refractivity contribution in [2.24, 2.45) is 0 Å². The van der Waals surface area contributed by atoms with Gasteiger partial charge in [-0.1, -0.05) is 85.0 Å². The standard InChI is InChI=1S/C23H45NO3/c1-5-8-11-12-13-14-15-16-17-18-22(25)27-21(4)23(26)24(19-9-6-2)20-10-7-3/h21H,5-20H2,1-4H3. The van der Waals surface area contributed by atoms with E-state index in [0.29, 0.717) is 6.42 Å². The summed E-state index contributed by atoms with van der Waals surface area (Å²) in [6.07, 6.45) is 14.9. The molecule has 0 spiro atoms. The number of ether oxygens (including phenoxy) is 1. The van der Waals surface area contributed by atoms with E-state index in [1.54, 1.807) is 6.92 Å². The number of rotatable bonds is 18. The summed E-state index contributed by atoms with van der Waals surface area (Å²) in [5, 5.41) is 0. The zero-order valence-corrected chi connectivity index (χ0v) is 18.6. The molecule has 0 saturated carbocycles. The van der Waals surface area contributed by atoms with Crippen molar-refractivity contribution in [3.05, 3.63) is 0 Å². The van der Waals surface area contributed by atoms with E-state index in [0.717, 1.165) is 51.6 Å². The second kappa shape index (κ2) is 18.3. The summed E-state index contributed by atoms with van der Waals surface area (Å²) in [4.78, 5) is 26.4. The third-order valence-electron chi connectivity index (χ3n) is 5.02. The smallest absolute Gasteiger partial charge is 0.306 e. The molecule has 0 N–H and O–H groups in total. The van der Waals surface area contributed by atoms with Crippen molar-refractivity contribution in [1.29, 1.82) is 0 Å². The van der Waals surface area contributed by atoms with Crippen molar-refractivity contribution in [3.63, 3.8) is 0 Å². The van der Waals surface area contributed by atoms with Crippen molar-refractivity contribution < 1.29 is 14.3 Å². The largest absolute Gasteiger partial charge is 0.453 e. The van der Waals surface area contributed by atoms with Gasteiger partial charge in [-0.2, -0.15) is 0 Å². The molecule has 4 heteroatoms. The van der Waals surface area contributed by atoms with Crippen LogP contribution in [0.15, 0.2) is 0 Å². The molecular weight excluding hydrogens is 338 g/mol. The highest BCUT2D eigenvalue weighted by Crippen LogP contribution is 2.12. The van der Waals surface area contributed by atoms with Crippen LogP contribution in [0.1, 0.15) is 118 Å². The minimum absolute atomic E-state index is 0.0441. The fourth-order valence-electron chi connectivity index (χ4n) is 3.17. The van der Waals surface area contributed by atoms with Crippen LogP contribution in [0, 0.1) is 0 Å². The van der Waals surface area contributed by atoms with Gasteiger partial charge in [0, 0.05) is 19.5 Å². The second-order valence-electron chi connectivity index (χ2n) is 7.74. The van der Waals surface area contributed by atoms with Crippen LogP contribution in [-0.2, 0) is 14.3 Å². The molecule has 0 aromatic carbocycles. The van der Waals surface area contributed by atoms with Crippen LogP contribution in [0.25, 0.3) is 0 Å².